The van der Waals surface area contributed by atoms with E-state index in [0.717, 1.165) is 17.0 Å². The highest BCUT2D eigenvalue weighted by atomic mass is 16.3. The summed E-state index contributed by atoms with van der Waals surface area (Å²) in [5.74, 6) is 0. The first-order valence-electron chi connectivity index (χ1n) is 4.84. The molecule has 3 nitrogen and oxygen atoms in total. The molecule has 0 radical (unpaired) electrons. The first-order chi connectivity index (χ1) is 6.56. The number of hydrogen-bond donors (Lipinski definition) is 1. The molecule has 1 rings (SSSR count). The minimum atomic E-state index is -0.339. The Morgan fingerprint density at radius 3 is 2.64 bits per heavy atom. The molecule has 3 heteroatoms. The SMILES string of the molecule is C=CCC(O)Cc1c(C)nn(C)c1C. The Balaban J connectivity index is 2.80. The Morgan fingerprint density at radius 1 is 1.57 bits per heavy atom. The van der Waals surface area contributed by atoms with Gasteiger partial charge in [0.05, 0.1) is 11.8 Å². The van der Waals surface area contributed by atoms with Gasteiger partial charge < -0.3 is 5.11 Å². The predicted molar refractivity (Wildman–Crippen MR) is 57.2 cm³/mol. The summed E-state index contributed by atoms with van der Waals surface area (Å²) in [5, 5.41) is 14.0. The summed E-state index contributed by atoms with van der Waals surface area (Å²) in [5.41, 5.74) is 3.29. The number of aryl methyl sites for hydroxylation is 2. The van der Waals surface area contributed by atoms with Crippen molar-refractivity contribution in [2.75, 3.05) is 0 Å². The van der Waals surface area contributed by atoms with Crippen LogP contribution in [0.15, 0.2) is 12.7 Å². The number of aromatic nitrogens is 2. The van der Waals surface area contributed by atoms with Crippen molar-refractivity contribution >= 4 is 0 Å². The highest BCUT2D eigenvalue weighted by Crippen LogP contribution is 2.15. The average molecular weight is 194 g/mol. The van der Waals surface area contributed by atoms with Crippen LogP contribution in [-0.4, -0.2) is 21.0 Å². The molecule has 0 saturated carbocycles. The van der Waals surface area contributed by atoms with Gasteiger partial charge in [-0.3, -0.25) is 4.68 Å². The normalized spacial score (nSPS) is 12.9. The van der Waals surface area contributed by atoms with Crippen LogP contribution in [0, 0.1) is 13.8 Å². The average Bonchev–Trinajstić information content (AvgIpc) is 2.33. The summed E-state index contributed by atoms with van der Waals surface area (Å²) in [6, 6.07) is 0. The molecular formula is C11H18N2O. The van der Waals surface area contributed by atoms with Gasteiger partial charge in [-0.25, -0.2) is 0 Å². The van der Waals surface area contributed by atoms with Gasteiger partial charge in [-0.05, 0) is 25.8 Å². The molecule has 14 heavy (non-hydrogen) atoms. The highest BCUT2D eigenvalue weighted by molar-refractivity contribution is 5.25. The van der Waals surface area contributed by atoms with Crippen LogP contribution >= 0.6 is 0 Å². The van der Waals surface area contributed by atoms with E-state index in [1.807, 2.05) is 25.6 Å². The maximum absolute atomic E-state index is 9.65. The van der Waals surface area contributed by atoms with Crippen LogP contribution in [0.4, 0.5) is 0 Å². The smallest absolute Gasteiger partial charge is 0.0629 e. The van der Waals surface area contributed by atoms with E-state index in [4.69, 9.17) is 0 Å². The lowest BCUT2D eigenvalue weighted by atomic mass is 10.0. The molecule has 78 valence electrons. The maximum atomic E-state index is 9.65. The third-order valence-corrected chi connectivity index (χ3v) is 2.54. The van der Waals surface area contributed by atoms with Crippen LogP contribution in [-0.2, 0) is 13.5 Å². The van der Waals surface area contributed by atoms with Crippen LogP contribution in [0.3, 0.4) is 0 Å². The standard InChI is InChI=1S/C11H18N2O/c1-5-6-10(14)7-11-8(2)12-13(4)9(11)3/h5,10,14H,1,6-7H2,2-4H3. The second-order valence-electron chi connectivity index (χ2n) is 3.66. The van der Waals surface area contributed by atoms with Crippen LogP contribution in [0.1, 0.15) is 23.4 Å². The zero-order chi connectivity index (χ0) is 10.7. The highest BCUT2D eigenvalue weighted by Gasteiger charge is 2.12. The molecule has 0 saturated heterocycles. The fourth-order valence-electron chi connectivity index (χ4n) is 1.62. The van der Waals surface area contributed by atoms with Crippen molar-refractivity contribution in [2.45, 2.75) is 32.8 Å². The Kier molecular flexibility index (Phi) is 3.47. The Hall–Kier alpha value is -1.09. The molecular weight excluding hydrogens is 176 g/mol. The molecule has 0 aromatic carbocycles. The van der Waals surface area contributed by atoms with Gasteiger partial charge in [-0.2, -0.15) is 5.10 Å². The molecule has 0 spiro atoms. The number of hydrogen-bond acceptors (Lipinski definition) is 2. The lowest BCUT2D eigenvalue weighted by Gasteiger charge is -2.07. The fraction of sp³-hybridized carbons (Fsp3) is 0.545. The van der Waals surface area contributed by atoms with Crippen molar-refractivity contribution in [3.05, 3.63) is 29.6 Å². The van der Waals surface area contributed by atoms with E-state index in [1.165, 1.54) is 0 Å². The summed E-state index contributed by atoms with van der Waals surface area (Å²) in [4.78, 5) is 0. The van der Waals surface area contributed by atoms with Crippen molar-refractivity contribution in [2.24, 2.45) is 7.05 Å². The molecule has 0 fully saturated rings. The first-order valence-corrected chi connectivity index (χ1v) is 4.84. The van der Waals surface area contributed by atoms with E-state index in [2.05, 4.69) is 11.7 Å². The number of rotatable bonds is 4. The van der Waals surface area contributed by atoms with E-state index in [0.29, 0.717) is 12.8 Å². The third-order valence-electron chi connectivity index (χ3n) is 2.54. The van der Waals surface area contributed by atoms with Crippen LogP contribution < -0.4 is 0 Å². The summed E-state index contributed by atoms with van der Waals surface area (Å²) in [7, 11) is 1.92. The molecule has 0 bridgehead atoms. The molecule has 0 aliphatic rings. The lowest BCUT2D eigenvalue weighted by molar-refractivity contribution is 0.178. The third kappa shape index (κ3) is 2.23. The van der Waals surface area contributed by atoms with Crippen molar-refractivity contribution in [3.63, 3.8) is 0 Å². The summed E-state index contributed by atoms with van der Waals surface area (Å²) < 4.78 is 1.85. The van der Waals surface area contributed by atoms with E-state index in [9.17, 15) is 5.11 Å². The summed E-state index contributed by atoms with van der Waals surface area (Å²) in [6.45, 7) is 7.61. The minimum Gasteiger partial charge on any atom is -0.392 e. The van der Waals surface area contributed by atoms with Crippen molar-refractivity contribution in [1.29, 1.82) is 0 Å². The fourth-order valence-corrected chi connectivity index (χ4v) is 1.62. The van der Waals surface area contributed by atoms with Gasteiger partial charge in [0, 0.05) is 19.2 Å². The minimum absolute atomic E-state index is 0.339. The topological polar surface area (TPSA) is 38.1 Å². The van der Waals surface area contributed by atoms with Gasteiger partial charge in [0.15, 0.2) is 0 Å². The van der Waals surface area contributed by atoms with E-state index in [1.54, 1.807) is 6.08 Å². The molecule has 1 aromatic heterocycles. The molecule has 1 unspecified atom stereocenters. The molecule has 0 aliphatic heterocycles. The maximum Gasteiger partial charge on any atom is 0.0629 e. The number of nitrogens with zero attached hydrogens (tertiary/aromatic N) is 2. The molecule has 0 aliphatic carbocycles. The van der Waals surface area contributed by atoms with Gasteiger partial charge in [0.1, 0.15) is 0 Å². The van der Waals surface area contributed by atoms with E-state index in [-0.39, 0.29) is 6.10 Å². The number of aliphatic hydroxyl groups is 1. The van der Waals surface area contributed by atoms with Crippen LogP contribution in [0.2, 0.25) is 0 Å². The van der Waals surface area contributed by atoms with Crippen LogP contribution in [0.5, 0.6) is 0 Å². The second-order valence-corrected chi connectivity index (χ2v) is 3.66. The van der Waals surface area contributed by atoms with Gasteiger partial charge in [0.2, 0.25) is 0 Å². The van der Waals surface area contributed by atoms with Gasteiger partial charge in [0.25, 0.3) is 0 Å². The van der Waals surface area contributed by atoms with Crippen LogP contribution in [0.25, 0.3) is 0 Å². The lowest BCUT2D eigenvalue weighted by Crippen LogP contribution is -2.10. The molecule has 1 heterocycles. The van der Waals surface area contributed by atoms with Crippen molar-refractivity contribution in [1.82, 2.24) is 9.78 Å². The molecule has 1 aromatic rings. The molecule has 1 N–H and O–H groups in total. The Bertz CT molecular complexity index is 328. The van der Waals surface area contributed by atoms with Crippen molar-refractivity contribution < 1.29 is 5.11 Å². The second kappa shape index (κ2) is 4.42. The van der Waals surface area contributed by atoms with Crippen molar-refractivity contribution in [3.8, 4) is 0 Å². The Morgan fingerprint density at radius 2 is 2.21 bits per heavy atom. The zero-order valence-electron chi connectivity index (χ0n) is 9.12. The zero-order valence-corrected chi connectivity index (χ0v) is 9.12. The van der Waals surface area contributed by atoms with E-state index >= 15 is 0 Å². The molecule has 1 atom stereocenters. The predicted octanol–water partition coefficient (Wildman–Crippen LogP) is 1.52. The van der Waals surface area contributed by atoms with Gasteiger partial charge in [-0.15, -0.1) is 6.58 Å². The quantitative estimate of drug-likeness (QED) is 0.738. The van der Waals surface area contributed by atoms with Gasteiger partial charge >= 0.3 is 0 Å². The monoisotopic (exact) mass is 194 g/mol. The van der Waals surface area contributed by atoms with E-state index < -0.39 is 0 Å². The largest absolute Gasteiger partial charge is 0.392 e. The van der Waals surface area contributed by atoms with Gasteiger partial charge in [-0.1, -0.05) is 6.08 Å². The first kappa shape index (κ1) is 11.0. The number of aliphatic hydroxyl groups excluding tert-OH is 1. The summed E-state index contributed by atoms with van der Waals surface area (Å²) >= 11 is 0. The summed E-state index contributed by atoms with van der Waals surface area (Å²) in [6.07, 6.45) is 2.70. The molecule has 0 amide bonds. The Labute approximate surface area is 85.1 Å².